The first-order chi connectivity index (χ1) is 42.6. The molecule has 0 aliphatic heterocycles. The van der Waals surface area contributed by atoms with Crippen LogP contribution in [-0.4, -0.2) is 66.9 Å². The topological polar surface area (TPSA) is 192 Å². The van der Waals surface area contributed by atoms with Crippen molar-refractivity contribution in [3.8, 4) is 45.0 Å². The van der Waals surface area contributed by atoms with Gasteiger partial charge in [0.1, 0.15) is 30.9 Å². The number of carboxylic acid groups (broad SMARTS) is 1. The van der Waals surface area contributed by atoms with E-state index in [4.69, 9.17) is 14.2 Å². The van der Waals surface area contributed by atoms with E-state index in [1.807, 2.05) is 134 Å². The Kier molecular flexibility index (Phi) is 22.4. The number of carboxylic acids is 1. The molecule has 14 heteroatoms. The van der Waals surface area contributed by atoms with Crippen molar-refractivity contribution in [1.29, 1.82) is 0 Å². The summed E-state index contributed by atoms with van der Waals surface area (Å²) in [5, 5.41) is 14.8. The van der Waals surface area contributed by atoms with Crippen LogP contribution in [0.5, 0.6) is 0 Å². The van der Waals surface area contributed by atoms with Crippen molar-refractivity contribution in [3.05, 3.63) is 216 Å². The van der Waals surface area contributed by atoms with Crippen LogP contribution in [-0.2, 0) is 49.9 Å². The molecule has 6 aromatic carbocycles. The van der Waals surface area contributed by atoms with Crippen molar-refractivity contribution in [3.63, 3.8) is 0 Å². The molecule has 2 aliphatic carbocycles. The lowest BCUT2D eigenvalue weighted by Gasteiger charge is -2.28. The lowest BCUT2D eigenvalue weighted by molar-refractivity contribution is -0.157. The van der Waals surface area contributed by atoms with E-state index in [1.54, 1.807) is 20.8 Å². The quantitative estimate of drug-likeness (QED) is 0.0484. The van der Waals surface area contributed by atoms with Crippen LogP contribution in [0, 0.1) is 11.8 Å². The molecule has 0 unspecified atom stereocenters. The highest BCUT2D eigenvalue weighted by Gasteiger charge is 2.29. The third-order valence-electron chi connectivity index (χ3n) is 16.9. The molecular weight excluding hydrogens is 1100 g/mol. The van der Waals surface area contributed by atoms with Gasteiger partial charge in [0.2, 0.25) is 0 Å². The van der Waals surface area contributed by atoms with E-state index in [-0.39, 0.29) is 26.1 Å². The number of nitrogens with zero attached hydrogens (tertiary/aromatic N) is 4. The number of aliphatic carboxylic acids is 1. The SMILES string of the molecule is CCC1CCC(c2ccc(-c3cnc(-c4ccc(C[C@H](NC(=O)OCc5ccccc5)C(=O)O)cc4)nc3)cc2)CC1.CCC1CCC(c2ccc(-c3cnc(-c4ccc(C[C@H](NC(=O)OCc5ccccc5)C(=O)OC(C)(C)C)cc4)nc3)cc2)CC1. The molecule has 10 rings (SSSR count). The Morgan fingerprint density at radius 2 is 0.807 bits per heavy atom. The number of amides is 2. The molecule has 0 radical (unpaired) electrons. The van der Waals surface area contributed by atoms with Crippen molar-refractivity contribution < 1.29 is 38.5 Å². The van der Waals surface area contributed by atoms with E-state index in [2.05, 4.69) is 92.9 Å². The van der Waals surface area contributed by atoms with Crippen molar-refractivity contribution in [2.24, 2.45) is 11.8 Å². The zero-order valence-electron chi connectivity index (χ0n) is 51.3. The number of carbonyl (C=O) groups is 4. The van der Waals surface area contributed by atoms with E-state index < -0.39 is 41.8 Å². The molecule has 456 valence electrons. The van der Waals surface area contributed by atoms with Gasteiger partial charge in [-0.2, -0.15) is 0 Å². The van der Waals surface area contributed by atoms with Gasteiger partial charge in [0.05, 0.1) is 0 Å². The van der Waals surface area contributed by atoms with Gasteiger partial charge >= 0.3 is 24.1 Å². The van der Waals surface area contributed by atoms with E-state index in [0.717, 1.165) is 67.5 Å². The smallest absolute Gasteiger partial charge is 0.408 e. The number of alkyl carbamates (subject to hydrolysis) is 2. The largest absolute Gasteiger partial charge is 0.480 e. The molecular formula is C74H82N6O8. The molecule has 2 amide bonds. The van der Waals surface area contributed by atoms with E-state index in [9.17, 15) is 24.3 Å². The predicted octanol–water partition coefficient (Wildman–Crippen LogP) is 16.1. The Labute approximate surface area is 518 Å². The first-order valence-electron chi connectivity index (χ1n) is 31.1. The summed E-state index contributed by atoms with van der Waals surface area (Å²) >= 11 is 0. The van der Waals surface area contributed by atoms with E-state index in [1.165, 1.54) is 75.3 Å². The number of aromatic nitrogens is 4. The minimum absolute atomic E-state index is 0.0672. The van der Waals surface area contributed by atoms with Gasteiger partial charge in [-0.05, 0) is 140 Å². The maximum atomic E-state index is 13.0. The van der Waals surface area contributed by atoms with Crippen molar-refractivity contribution in [2.75, 3.05) is 0 Å². The van der Waals surface area contributed by atoms with Gasteiger partial charge in [-0.15, -0.1) is 0 Å². The Balaban J connectivity index is 0.000000210. The number of benzene rings is 6. The van der Waals surface area contributed by atoms with E-state index in [0.29, 0.717) is 23.5 Å². The van der Waals surface area contributed by atoms with Crippen LogP contribution in [0.4, 0.5) is 9.59 Å². The Morgan fingerprint density at radius 3 is 1.16 bits per heavy atom. The van der Waals surface area contributed by atoms with E-state index >= 15 is 0 Å². The van der Waals surface area contributed by atoms with Crippen molar-refractivity contribution in [1.82, 2.24) is 30.6 Å². The fourth-order valence-electron chi connectivity index (χ4n) is 11.6. The third-order valence-corrected chi connectivity index (χ3v) is 16.9. The summed E-state index contributed by atoms with van der Waals surface area (Å²) in [4.78, 5) is 68.0. The van der Waals surface area contributed by atoms with Crippen LogP contribution >= 0.6 is 0 Å². The lowest BCUT2D eigenvalue weighted by Crippen LogP contribution is -2.45. The summed E-state index contributed by atoms with van der Waals surface area (Å²) in [6.07, 6.45) is 19.4. The van der Waals surface area contributed by atoms with Gasteiger partial charge in [-0.1, -0.05) is 184 Å². The predicted molar refractivity (Wildman–Crippen MR) is 344 cm³/mol. The van der Waals surface area contributed by atoms with Crippen molar-refractivity contribution in [2.45, 2.75) is 154 Å². The number of hydrogen-bond donors (Lipinski definition) is 3. The maximum Gasteiger partial charge on any atom is 0.408 e. The highest BCUT2D eigenvalue weighted by molar-refractivity contribution is 5.82. The molecule has 0 bridgehead atoms. The first kappa shape index (κ1) is 63.5. The molecule has 3 N–H and O–H groups in total. The number of hydrogen-bond acceptors (Lipinski definition) is 11. The highest BCUT2D eigenvalue weighted by Crippen LogP contribution is 2.39. The molecule has 0 saturated heterocycles. The Morgan fingerprint density at radius 1 is 0.455 bits per heavy atom. The summed E-state index contributed by atoms with van der Waals surface area (Å²) in [6, 6.07) is 49.3. The standard InChI is InChI=1S/C39H45N3O4.C35H37N3O4/c1-5-27-11-15-30(16-12-27)31-19-21-32(22-20-31)34-24-40-36(41-25-34)33-17-13-28(14-18-33)23-35(37(43)46-39(2,3)4)42-38(44)45-26-29-9-7-6-8-10-29;1-2-24-8-12-27(13-9-24)28-16-18-29(19-17-28)31-21-36-33(37-22-31)30-14-10-25(11-15-30)20-32(34(39)40)38-35(41)42-23-26-6-4-3-5-7-26/h6-10,13-14,17-22,24-25,27,30,35H,5,11-12,15-16,23,26H2,1-4H3,(H,42,44);3-7,10-11,14-19,21-22,24,27,32H,2,8-9,12-13,20,23H2,1H3,(H,38,41)(H,39,40)/t27?,30?,35-;24?,27?,32-/m00/s1. The molecule has 2 aliphatic rings. The van der Waals surface area contributed by atoms with Crippen LogP contribution in [0.15, 0.2) is 183 Å². The number of nitrogens with one attached hydrogen (secondary N) is 2. The number of ether oxygens (including phenoxy) is 3. The van der Waals surface area contributed by atoms with Gasteiger partial charge in [0.25, 0.3) is 0 Å². The Hall–Kier alpha value is -9.04. The third kappa shape index (κ3) is 18.7. The summed E-state index contributed by atoms with van der Waals surface area (Å²) in [5.41, 5.74) is 11.3. The second-order valence-electron chi connectivity index (χ2n) is 24.3. The molecule has 2 aromatic heterocycles. The highest BCUT2D eigenvalue weighted by atomic mass is 16.6. The summed E-state index contributed by atoms with van der Waals surface area (Å²) < 4.78 is 16.1. The fraction of sp³-hybridized carbons (Fsp3) is 0.351. The second kappa shape index (κ2) is 31.0. The molecule has 88 heavy (non-hydrogen) atoms. The fourth-order valence-corrected chi connectivity index (χ4v) is 11.6. The number of esters is 1. The molecule has 0 spiro atoms. The molecule has 2 saturated carbocycles. The molecule has 2 atom stereocenters. The van der Waals surface area contributed by atoms with Gasteiger partial charge in [-0.25, -0.2) is 39.1 Å². The van der Waals surface area contributed by atoms with Gasteiger partial charge < -0.3 is 30.0 Å². The molecule has 8 aromatic rings. The number of carbonyl (C=O) groups excluding carboxylic acids is 3. The average Bonchev–Trinajstić information content (AvgIpc) is 2.68. The normalized spacial score (nSPS) is 17.2. The minimum Gasteiger partial charge on any atom is -0.480 e. The molecule has 2 heterocycles. The number of rotatable bonds is 20. The molecule has 14 nitrogen and oxygen atoms in total. The van der Waals surface area contributed by atoms with Gasteiger partial charge in [-0.3, -0.25) is 0 Å². The first-order valence-corrected chi connectivity index (χ1v) is 31.1. The Bertz CT molecular complexity index is 3470. The summed E-state index contributed by atoms with van der Waals surface area (Å²) in [7, 11) is 0. The zero-order chi connectivity index (χ0) is 61.8. The van der Waals surface area contributed by atoms with Crippen LogP contribution in [0.1, 0.15) is 144 Å². The van der Waals surface area contributed by atoms with Crippen LogP contribution in [0.2, 0.25) is 0 Å². The maximum absolute atomic E-state index is 13.0. The van der Waals surface area contributed by atoms with Gasteiger partial charge in [0.15, 0.2) is 11.6 Å². The zero-order valence-corrected chi connectivity index (χ0v) is 51.3. The summed E-state index contributed by atoms with van der Waals surface area (Å²) in [5.74, 6) is 2.68. The average molecular weight is 1180 g/mol. The molecule has 2 fully saturated rings. The van der Waals surface area contributed by atoms with Crippen molar-refractivity contribution >= 4 is 24.1 Å². The summed E-state index contributed by atoms with van der Waals surface area (Å²) in [6.45, 7) is 10.2. The van der Waals surface area contributed by atoms with Crippen LogP contribution in [0.25, 0.3) is 45.0 Å². The monoisotopic (exact) mass is 1180 g/mol. The second-order valence-corrected chi connectivity index (χ2v) is 24.3. The van der Waals surface area contributed by atoms with Gasteiger partial charge in [0, 0.05) is 59.9 Å². The van der Waals surface area contributed by atoms with Crippen LogP contribution < -0.4 is 10.6 Å². The minimum atomic E-state index is -1.13. The van der Waals surface area contributed by atoms with Crippen LogP contribution in [0.3, 0.4) is 0 Å². The lowest BCUT2D eigenvalue weighted by atomic mass is 9.78.